The van der Waals surface area contributed by atoms with Crippen LogP contribution in [0, 0.1) is 23.7 Å². The Labute approximate surface area is 56.1 Å². The summed E-state index contributed by atoms with van der Waals surface area (Å²) in [4.78, 5) is 1.85. The van der Waals surface area contributed by atoms with Gasteiger partial charge in [-0.05, 0) is 14.1 Å². The zero-order valence-corrected chi connectivity index (χ0v) is 5.76. The SMILES string of the molecule is C#CC(CC#N)N(C)C. The molecule has 2 heteroatoms. The third kappa shape index (κ3) is 2.74. The largest absolute Gasteiger partial charge is 0.295 e. The fourth-order valence-corrected chi connectivity index (χ4v) is 0.477. The van der Waals surface area contributed by atoms with Crippen molar-refractivity contribution in [2.75, 3.05) is 14.1 Å². The summed E-state index contributed by atoms with van der Waals surface area (Å²) in [5.74, 6) is 2.51. The summed E-state index contributed by atoms with van der Waals surface area (Å²) in [6, 6.07) is 1.98. The third-order valence-electron chi connectivity index (χ3n) is 1.10. The maximum Gasteiger partial charge on any atom is 0.0838 e. The van der Waals surface area contributed by atoms with Crippen LogP contribution in [0.4, 0.5) is 0 Å². The Hall–Kier alpha value is -0.990. The highest BCUT2D eigenvalue weighted by Crippen LogP contribution is 1.94. The normalized spacial score (nSPS) is 12.1. The molecule has 0 aliphatic carbocycles. The molecule has 0 aliphatic heterocycles. The van der Waals surface area contributed by atoms with Crippen LogP contribution in [-0.4, -0.2) is 25.0 Å². The number of hydrogen-bond acceptors (Lipinski definition) is 2. The zero-order chi connectivity index (χ0) is 7.28. The van der Waals surface area contributed by atoms with Crippen molar-refractivity contribution in [3.8, 4) is 18.4 Å². The van der Waals surface area contributed by atoms with Gasteiger partial charge in [-0.3, -0.25) is 4.90 Å². The molecule has 2 nitrogen and oxygen atoms in total. The first-order chi connectivity index (χ1) is 4.22. The Morgan fingerprint density at radius 1 is 1.67 bits per heavy atom. The smallest absolute Gasteiger partial charge is 0.0838 e. The summed E-state index contributed by atoms with van der Waals surface area (Å²) >= 11 is 0. The van der Waals surface area contributed by atoms with Gasteiger partial charge in [0.15, 0.2) is 0 Å². The van der Waals surface area contributed by atoms with Crippen LogP contribution >= 0.6 is 0 Å². The Morgan fingerprint density at radius 3 is 2.33 bits per heavy atom. The molecule has 0 fully saturated rings. The van der Waals surface area contributed by atoms with Crippen LogP contribution in [-0.2, 0) is 0 Å². The average molecular weight is 122 g/mol. The summed E-state index contributed by atoms with van der Waals surface area (Å²) in [5.41, 5.74) is 0. The summed E-state index contributed by atoms with van der Waals surface area (Å²) in [7, 11) is 3.73. The molecule has 0 aliphatic rings. The Balaban J connectivity index is 3.76. The van der Waals surface area contributed by atoms with Gasteiger partial charge in [0, 0.05) is 0 Å². The van der Waals surface area contributed by atoms with Gasteiger partial charge in [-0.1, -0.05) is 5.92 Å². The van der Waals surface area contributed by atoms with Gasteiger partial charge < -0.3 is 0 Å². The molecule has 1 atom stereocenters. The molecule has 0 rings (SSSR count). The van der Waals surface area contributed by atoms with Gasteiger partial charge in [0.05, 0.1) is 18.5 Å². The molecule has 9 heavy (non-hydrogen) atoms. The number of rotatable bonds is 2. The van der Waals surface area contributed by atoms with Gasteiger partial charge in [-0.2, -0.15) is 5.26 Å². The predicted molar refractivity (Wildman–Crippen MR) is 36.5 cm³/mol. The van der Waals surface area contributed by atoms with E-state index in [-0.39, 0.29) is 6.04 Å². The van der Waals surface area contributed by atoms with E-state index < -0.39 is 0 Å². The molecule has 48 valence electrons. The van der Waals surface area contributed by atoms with E-state index >= 15 is 0 Å². The fourth-order valence-electron chi connectivity index (χ4n) is 0.477. The van der Waals surface area contributed by atoms with Crippen molar-refractivity contribution < 1.29 is 0 Å². The molecule has 0 saturated carbocycles. The molecule has 0 aromatic rings. The quantitative estimate of drug-likeness (QED) is 0.498. The van der Waals surface area contributed by atoms with Crippen molar-refractivity contribution in [2.45, 2.75) is 12.5 Å². The van der Waals surface area contributed by atoms with E-state index in [1.54, 1.807) is 0 Å². The summed E-state index contributed by atoms with van der Waals surface area (Å²) in [6.07, 6.45) is 5.52. The van der Waals surface area contributed by atoms with Gasteiger partial charge in [0.1, 0.15) is 0 Å². The predicted octanol–water partition coefficient (Wildman–Crippen LogP) is 0.463. The molecular weight excluding hydrogens is 112 g/mol. The van der Waals surface area contributed by atoms with Crippen LogP contribution in [0.1, 0.15) is 6.42 Å². The number of nitriles is 1. The average Bonchev–Trinajstić information content (AvgIpc) is 1.82. The lowest BCUT2D eigenvalue weighted by Crippen LogP contribution is -2.25. The van der Waals surface area contributed by atoms with Gasteiger partial charge in [0.2, 0.25) is 0 Å². The Bertz CT molecular complexity index is 147. The van der Waals surface area contributed by atoms with E-state index in [0.29, 0.717) is 6.42 Å². The lowest BCUT2D eigenvalue weighted by atomic mass is 10.2. The maximum atomic E-state index is 8.24. The van der Waals surface area contributed by atoms with Crippen molar-refractivity contribution >= 4 is 0 Å². The second kappa shape index (κ2) is 3.95. The van der Waals surface area contributed by atoms with Crippen LogP contribution in [0.3, 0.4) is 0 Å². The van der Waals surface area contributed by atoms with Gasteiger partial charge in [-0.15, -0.1) is 6.42 Å². The highest BCUT2D eigenvalue weighted by atomic mass is 15.1. The van der Waals surface area contributed by atoms with Crippen LogP contribution in [0.25, 0.3) is 0 Å². The third-order valence-corrected chi connectivity index (χ3v) is 1.10. The van der Waals surface area contributed by atoms with E-state index in [1.165, 1.54) is 0 Å². The van der Waals surface area contributed by atoms with Gasteiger partial charge in [0.25, 0.3) is 0 Å². The number of terminal acetylenes is 1. The minimum Gasteiger partial charge on any atom is -0.295 e. The van der Waals surface area contributed by atoms with Crippen molar-refractivity contribution in [3.63, 3.8) is 0 Å². The maximum absolute atomic E-state index is 8.24. The zero-order valence-electron chi connectivity index (χ0n) is 5.76. The first kappa shape index (κ1) is 8.01. The highest BCUT2D eigenvalue weighted by Gasteiger charge is 2.04. The van der Waals surface area contributed by atoms with E-state index in [4.69, 9.17) is 11.7 Å². The Kier molecular flexibility index (Phi) is 3.51. The molecule has 0 bridgehead atoms. The highest BCUT2D eigenvalue weighted by molar-refractivity contribution is 5.02. The van der Waals surface area contributed by atoms with Crippen LogP contribution in [0.5, 0.6) is 0 Å². The lowest BCUT2D eigenvalue weighted by molar-refractivity contribution is 0.357. The molecular formula is C7H10N2. The molecule has 0 heterocycles. The van der Waals surface area contributed by atoms with Gasteiger partial charge in [-0.25, -0.2) is 0 Å². The minimum atomic E-state index is -0.0324. The monoisotopic (exact) mass is 122 g/mol. The molecule has 0 N–H and O–H groups in total. The van der Waals surface area contributed by atoms with Crippen molar-refractivity contribution in [1.29, 1.82) is 5.26 Å². The van der Waals surface area contributed by atoms with Crippen molar-refractivity contribution in [2.24, 2.45) is 0 Å². The molecule has 0 radical (unpaired) electrons. The van der Waals surface area contributed by atoms with Crippen molar-refractivity contribution in [3.05, 3.63) is 0 Å². The number of hydrogen-bond donors (Lipinski definition) is 0. The first-order valence-corrected chi connectivity index (χ1v) is 2.72. The standard InChI is InChI=1S/C7H10N2/c1-4-7(5-6-8)9(2)3/h1,7H,5H2,2-3H3. The topological polar surface area (TPSA) is 27.0 Å². The van der Waals surface area contributed by atoms with E-state index in [9.17, 15) is 0 Å². The van der Waals surface area contributed by atoms with Gasteiger partial charge >= 0.3 is 0 Å². The van der Waals surface area contributed by atoms with E-state index in [2.05, 4.69) is 5.92 Å². The molecule has 0 aromatic heterocycles. The molecule has 1 unspecified atom stereocenters. The van der Waals surface area contributed by atoms with E-state index in [1.807, 2.05) is 25.1 Å². The van der Waals surface area contributed by atoms with Crippen molar-refractivity contribution in [1.82, 2.24) is 4.90 Å². The lowest BCUT2D eigenvalue weighted by Gasteiger charge is -2.14. The van der Waals surface area contributed by atoms with Crippen LogP contribution < -0.4 is 0 Å². The fraction of sp³-hybridized carbons (Fsp3) is 0.571. The van der Waals surface area contributed by atoms with Crippen LogP contribution in [0.15, 0.2) is 0 Å². The summed E-state index contributed by atoms with van der Waals surface area (Å²) < 4.78 is 0. The molecule has 0 spiro atoms. The second-order valence-electron chi connectivity index (χ2n) is 2.01. The summed E-state index contributed by atoms with van der Waals surface area (Å²) in [6.45, 7) is 0. The summed E-state index contributed by atoms with van der Waals surface area (Å²) in [5, 5.41) is 8.24. The minimum absolute atomic E-state index is 0.0324. The van der Waals surface area contributed by atoms with E-state index in [0.717, 1.165) is 0 Å². The second-order valence-corrected chi connectivity index (χ2v) is 2.01. The molecule has 0 amide bonds. The Morgan fingerprint density at radius 2 is 2.22 bits per heavy atom. The number of nitrogens with zero attached hydrogens (tertiary/aromatic N) is 2. The molecule has 0 saturated heterocycles. The molecule has 0 aromatic carbocycles. The van der Waals surface area contributed by atoms with Crippen LogP contribution in [0.2, 0.25) is 0 Å². The first-order valence-electron chi connectivity index (χ1n) is 2.72.